The van der Waals surface area contributed by atoms with Crippen molar-refractivity contribution in [1.82, 2.24) is 20.2 Å². The number of thiophene rings is 1. The van der Waals surface area contributed by atoms with Crippen LogP contribution in [0.5, 0.6) is 0 Å². The van der Waals surface area contributed by atoms with Crippen LogP contribution in [0.25, 0.3) is 0 Å². The molecule has 176 valence electrons. The molecule has 0 aliphatic heterocycles. The van der Waals surface area contributed by atoms with Gasteiger partial charge in [-0.05, 0) is 31.0 Å². The molecule has 3 rings (SSSR count). The van der Waals surface area contributed by atoms with Gasteiger partial charge in [0, 0.05) is 13.6 Å². The van der Waals surface area contributed by atoms with E-state index >= 15 is 0 Å². The number of aliphatic hydroxyl groups excluding tert-OH is 1. The normalized spacial score (nSPS) is 13.4. The van der Waals surface area contributed by atoms with Gasteiger partial charge in [0.05, 0.1) is 29.1 Å². The first-order valence-electron chi connectivity index (χ1n) is 9.90. The van der Waals surface area contributed by atoms with Crippen molar-refractivity contribution >= 4 is 33.2 Å². The fourth-order valence-electron chi connectivity index (χ4n) is 3.16. The highest BCUT2D eigenvalue weighted by molar-refractivity contribution is 7.91. The molecule has 0 spiro atoms. The molecule has 2 atom stereocenters. The standard InChI is InChI=1S/C21H25N5O5S2/c1-12-4-6-14(7-5-12)15(25-20(28)18(27)16-10-23-11-26(16)3)9-24-21(29)19-13(2)8-17(32-19)33(22,30)31/h4-8,10-11,15,18,27H,9H2,1-3H3,(H,24,29)(H,25,28)(H2,22,30,31). The van der Waals surface area contributed by atoms with Crippen LogP contribution in [0.3, 0.4) is 0 Å². The van der Waals surface area contributed by atoms with Crippen molar-refractivity contribution in [1.29, 1.82) is 0 Å². The maximum Gasteiger partial charge on any atom is 0.261 e. The predicted octanol–water partition coefficient (Wildman–Crippen LogP) is 1.07. The smallest absolute Gasteiger partial charge is 0.261 e. The van der Waals surface area contributed by atoms with E-state index in [-0.39, 0.29) is 15.6 Å². The van der Waals surface area contributed by atoms with Gasteiger partial charge in [0.15, 0.2) is 6.10 Å². The first-order valence-corrected chi connectivity index (χ1v) is 12.3. The van der Waals surface area contributed by atoms with E-state index in [0.29, 0.717) is 11.3 Å². The average molecular weight is 492 g/mol. The molecule has 0 aliphatic carbocycles. The third-order valence-corrected chi connectivity index (χ3v) is 7.68. The number of sulfonamides is 1. The molecule has 2 aromatic heterocycles. The van der Waals surface area contributed by atoms with Crippen LogP contribution in [0, 0.1) is 13.8 Å². The number of carbonyl (C=O) groups is 2. The zero-order valence-corrected chi connectivity index (χ0v) is 19.9. The maximum absolute atomic E-state index is 12.7. The Labute approximate surface area is 195 Å². The lowest BCUT2D eigenvalue weighted by molar-refractivity contribution is -0.130. The van der Waals surface area contributed by atoms with Crippen molar-refractivity contribution in [3.05, 3.63) is 70.1 Å². The van der Waals surface area contributed by atoms with Crippen LogP contribution in [-0.2, 0) is 21.9 Å². The topological polar surface area (TPSA) is 156 Å². The number of amides is 2. The summed E-state index contributed by atoms with van der Waals surface area (Å²) in [6.45, 7) is 3.55. The Bertz CT molecular complexity index is 1260. The molecule has 2 unspecified atom stereocenters. The first kappa shape index (κ1) is 24.6. The zero-order chi connectivity index (χ0) is 24.3. The van der Waals surface area contributed by atoms with Crippen LogP contribution < -0.4 is 15.8 Å². The van der Waals surface area contributed by atoms with Crippen LogP contribution in [0.1, 0.15) is 44.2 Å². The second kappa shape index (κ2) is 9.83. The molecule has 3 aromatic rings. The number of rotatable bonds is 8. The Hall–Kier alpha value is -3.06. The van der Waals surface area contributed by atoms with E-state index in [2.05, 4.69) is 15.6 Å². The number of hydrogen-bond acceptors (Lipinski definition) is 7. The van der Waals surface area contributed by atoms with E-state index in [1.165, 1.54) is 23.2 Å². The van der Waals surface area contributed by atoms with Gasteiger partial charge in [0.2, 0.25) is 10.0 Å². The molecular formula is C21H25N5O5S2. The minimum atomic E-state index is -3.92. The highest BCUT2D eigenvalue weighted by Gasteiger charge is 2.25. The Morgan fingerprint density at radius 3 is 2.45 bits per heavy atom. The Kier molecular flexibility index (Phi) is 7.32. The summed E-state index contributed by atoms with van der Waals surface area (Å²) >= 11 is 0.781. The molecular weight excluding hydrogens is 466 g/mol. The lowest BCUT2D eigenvalue weighted by atomic mass is 10.0. The molecule has 1 aromatic carbocycles. The first-order chi connectivity index (χ1) is 15.5. The van der Waals surface area contributed by atoms with Gasteiger partial charge in [-0.2, -0.15) is 0 Å². The molecule has 0 radical (unpaired) electrons. The fourth-order valence-corrected chi connectivity index (χ4v) is 5.04. The largest absolute Gasteiger partial charge is 0.377 e. The molecule has 0 bridgehead atoms. The third kappa shape index (κ3) is 5.85. The van der Waals surface area contributed by atoms with Crippen LogP contribution >= 0.6 is 11.3 Å². The van der Waals surface area contributed by atoms with Crippen molar-refractivity contribution in [3.8, 4) is 0 Å². The SMILES string of the molecule is Cc1ccc(C(CNC(=O)c2sc(S(N)(=O)=O)cc2C)NC(=O)C(O)c2cncn2C)cc1. The van der Waals surface area contributed by atoms with Crippen molar-refractivity contribution in [2.45, 2.75) is 30.2 Å². The number of nitrogens with zero attached hydrogens (tertiary/aromatic N) is 2. The summed E-state index contributed by atoms with van der Waals surface area (Å²) in [6, 6.07) is 8.07. The van der Waals surface area contributed by atoms with Gasteiger partial charge >= 0.3 is 0 Å². The molecule has 2 amide bonds. The Balaban J connectivity index is 1.78. The molecule has 5 N–H and O–H groups in total. The molecule has 0 saturated carbocycles. The summed E-state index contributed by atoms with van der Waals surface area (Å²) in [5.41, 5.74) is 2.54. The van der Waals surface area contributed by atoms with Crippen LogP contribution in [0.2, 0.25) is 0 Å². The van der Waals surface area contributed by atoms with Crippen LogP contribution in [-0.4, -0.2) is 41.4 Å². The third-order valence-electron chi connectivity index (χ3n) is 5.03. The quantitative estimate of drug-likeness (QED) is 0.369. The van der Waals surface area contributed by atoms with E-state index in [1.54, 1.807) is 14.0 Å². The van der Waals surface area contributed by atoms with Crippen LogP contribution in [0.4, 0.5) is 0 Å². The van der Waals surface area contributed by atoms with Crippen molar-refractivity contribution in [3.63, 3.8) is 0 Å². The van der Waals surface area contributed by atoms with Gasteiger partial charge in [0.25, 0.3) is 11.8 Å². The van der Waals surface area contributed by atoms with Gasteiger partial charge in [-0.3, -0.25) is 9.59 Å². The summed E-state index contributed by atoms with van der Waals surface area (Å²) in [4.78, 5) is 29.6. The number of hydrogen-bond donors (Lipinski definition) is 4. The summed E-state index contributed by atoms with van der Waals surface area (Å²) in [6.07, 6.45) is 1.43. The molecule has 2 heterocycles. The molecule has 0 saturated heterocycles. The number of aromatic nitrogens is 2. The molecule has 0 fully saturated rings. The van der Waals surface area contributed by atoms with Crippen molar-refractivity contribution in [2.24, 2.45) is 12.2 Å². The lowest BCUT2D eigenvalue weighted by Gasteiger charge is -2.22. The zero-order valence-electron chi connectivity index (χ0n) is 18.3. The van der Waals surface area contributed by atoms with Gasteiger partial charge in [-0.25, -0.2) is 18.5 Å². The number of aliphatic hydroxyl groups is 1. The molecule has 12 heteroatoms. The number of primary sulfonamides is 1. The van der Waals surface area contributed by atoms with Crippen LogP contribution in [0.15, 0.2) is 47.1 Å². The molecule has 10 nitrogen and oxygen atoms in total. The Morgan fingerprint density at radius 1 is 1.24 bits per heavy atom. The number of carbonyl (C=O) groups excluding carboxylic acids is 2. The van der Waals surface area contributed by atoms with Crippen molar-refractivity contribution in [2.75, 3.05) is 6.54 Å². The van der Waals surface area contributed by atoms with E-state index in [9.17, 15) is 23.1 Å². The highest BCUT2D eigenvalue weighted by Crippen LogP contribution is 2.25. The number of benzene rings is 1. The maximum atomic E-state index is 12.7. The molecule has 0 aliphatic rings. The number of nitrogens with one attached hydrogen (secondary N) is 2. The summed E-state index contributed by atoms with van der Waals surface area (Å²) in [7, 11) is -2.26. The van der Waals surface area contributed by atoms with E-state index in [4.69, 9.17) is 5.14 Å². The number of imidazole rings is 1. The minimum Gasteiger partial charge on any atom is -0.377 e. The second-order valence-electron chi connectivity index (χ2n) is 7.64. The van der Waals surface area contributed by atoms with Gasteiger partial charge in [-0.1, -0.05) is 29.8 Å². The minimum absolute atomic E-state index is 0.00773. The summed E-state index contributed by atoms with van der Waals surface area (Å²) in [5.74, 6) is -1.15. The summed E-state index contributed by atoms with van der Waals surface area (Å²) in [5, 5.41) is 21.1. The van der Waals surface area contributed by atoms with E-state index in [1.807, 2.05) is 31.2 Å². The van der Waals surface area contributed by atoms with E-state index in [0.717, 1.165) is 22.5 Å². The lowest BCUT2D eigenvalue weighted by Crippen LogP contribution is -2.40. The van der Waals surface area contributed by atoms with Crippen molar-refractivity contribution < 1.29 is 23.1 Å². The monoisotopic (exact) mass is 491 g/mol. The molecule has 33 heavy (non-hydrogen) atoms. The summed E-state index contributed by atoms with van der Waals surface area (Å²) < 4.78 is 24.6. The van der Waals surface area contributed by atoms with Gasteiger partial charge < -0.3 is 20.3 Å². The van der Waals surface area contributed by atoms with E-state index < -0.39 is 34.0 Å². The predicted molar refractivity (Wildman–Crippen MR) is 123 cm³/mol. The Morgan fingerprint density at radius 2 is 1.91 bits per heavy atom. The number of aryl methyl sites for hydroxylation is 3. The van der Waals surface area contributed by atoms with Gasteiger partial charge in [-0.15, -0.1) is 11.3 Å². The fraction of sp³-hybridized carbons (Fsp3) is 0.286. The average Bonchev–Trinajstić information content (AvgIpc) is 3.36. The van der Waals surface area contributed by atoms with Gasteiger partial charge in [0.1, 0.15) is 4.21 Å². The number of nitrogens with two attached hydrogens (primary N) is 1. The highest BCUT2D eigenvalue weighted by atomic mass is 32.2. The second-order valence-corrected chi connectivity index (χ2v) is 10.5.